The van der Waals surface area contributed by atoms with E-state index in [-0.39, 0.29) is 13.2 Å². The van der Waals surface area contributed by atoms with Crippen LogP contribution >= 0.6 is 0 Å². The Morgan fingerprint density at radius 2 is 1.89 bits per heavy atom. The number of hydrogen-bond donors (Lipinski definition) is 2. The topological polar surface area (TPSA) is 151 Å². The highest BCUT2D eigenvalue weighted by Gasteiger charge is 2.14. The van der Waals surface area contributed by atoms with Crippen LogP contribution in [0.4, 0.5) is 4.79 Å². The van der Waals surface area contributed by atoms with Gasteiger partial charge in [-0.05, 0) is 12.8 Å². The van der Waals surface area contributed by atoms with Gasteiger partial charge >= 0.3 is 12.1 Å². The van der Waals surface area contributed by atoms with Crippen LogP contribution in [0.15, 0.2) is 0 Å². The molecule has 10 nitrogen and oxygen atoms in total. The van der Waals surface area contributed by atoms with Gasteiger partial charge in [-0.3, -0.25) is 4.79 Å². The SMILES string of the molecule is NC(COC(=O)OCCCCO[N+](=O)[O-])C(=O)O. The largest absolute Gasteiger partial charge is 0.508 e. The molecule has 0 aromatic rings. The molecular weight excluding hydrogens is 252 g/mol. The summed E-state index contributed by atoms with van der Waals surface area (Å²) in [4.78, 5) is 34.9. The molecule has 0 amide bonds. The number of hydrogen-bond acceptors (Lipinski definition) is 8. The Kier molecular flexibility index (Phi) is 7.94. The van der Waals surface area contributed by atoms with Gasteiger partial charge in [-0.25, -0.2) is 4.79 Å². The van der Waals surface area contributed by atoms with E-state index < -0.39 is 29.9 Å². The van der Waals surface area contributed by atoms with Gasteiger partial charge in [0.1, 0.15) is 12.6 Å². The van der Waals surface area contributed by atoms with Gasteiger partial charge in [0.15, 0.2) is 0 Å². The van der Waals surface area contributed by atoms with Crippen LogP contribution in [0.1, 0.15) is 12.8 Å². The van der Waals surface area contributed by atoms with Crippen molar-refractivity contribution in [1.29, 1.82) is 0 Å². The average molecular weight is 266 g/mol. The van der Waals surface area contributed by atoms with Crippen molar-refractivity contribution in [1.82, 2.24) is 0 Å². The lowest BCUT2D eigenvalue weighted by molar-refractivity contribution is -0.757. The summed E-state index contributed by atoms with van der Waals surface area (Å²) in [7, 11) is 0. The highest BCUT2D eigenvalue weighted by atomic mass is 16.9. The maximum atomic E-state index is 10.9. The summed E-state index contributed by atoms with van der Waals surface area (Å²) in [6, 6.07) is -1.30. The predicted molar refractivity (Wildman–Crippen MR) is 55.1 cm³/mol. The summed E-state index contributed by atoms with van der Waals surface area (Å²) in [5.41, 5.74) is 5.07. The number of rotatable bonds is 9. The van der Waals surface area contributed by atoms with Gasteiger partial charge in [0, 0.05) is 0 Å². The molecule has 0 saturated carbocycles. The third kappa shape index (κ3) is 9.15. The Morgan fingerprint density at radius 3 is 2.44 bits per heavy atom. The summed E-state index contributed by atoms with van der Waals surface area (Å²) < 4.78 is 8.95. The summed E-state index contributed by atoms with van der Waals surface area (Å²) in [6.07, 6.45) is -0.349. The smallest absolute Gasteiger partial charge is 0.480 e. The first kappa shape index (κ1) is 15.9. The van der Waals surface area contributed by atoms with E-state index in [9.17, 15) is 19.7 Å². The number of nitrogens with two attached hydrogens (primary N) is 1. The molecule has 3 N–H and O–H groups in total. The number of carbonyl (C=O) groups is 2. The number of ether oxygens (including phenoxy) is 2. The van der Waals surface area contributed by atoms with Crippen LogP contribution in [0.5, 0.6) is 0 Å². The third-order valence-corrected chi connectivity index (χ3v) is 1.65. The zero-order valence-electron chi connectivity index (χ0n) is 9.44. The Morgan fingerprint density at radius 1 is 1.28 bits per heavy atom. The normalized spacial score (nSPS) is 11.4. The molecule has 0 aromatic carbocycles. The molecule has 0 spiro atoms. The zero-order chi connectivity index (χ0) is 14.0. The molecule has 0 heterocycles. The number of unbranched alkanes of at least 4 members (excludes halogenated alkanes) is 1. The van der Waals surface area contributed by atoms with E-state index in [4.69, 9.17) is 10.8 Å². The number of nitrogens with zero attached hydrogens (tertiary/aromatic N) is 1. The Bertz CT molecular complexity index is 295. The van der Waals surface area contributed by atoms with E-state index in [1.807, 2.05) is 0 Å². The number of carboxylic acids is 1. The van der Waals surface area contributed by atoms with Crippen LogP contribution in [0, 0.1) is 10.1 Å². The van der Waals surface area contributed by atoms with Gasteiger partial charge in [-0.1, -0.05) is 0 Å². The first-order valence-electron chi connectivity index (χ1n) is 4.98. The van der Waals surface area contributed by atoms with E-state index in [0.29, 0.717) is 12.8 Å². The molecule has 0 aromatic heterocycles. The Labute approximate surface area is 102 Å². The quantitative estimate of drug-likeness (QED) is 0.244. The second-order valence-corrected chi connectivity index (χ2v) is 3.12. The minimum Gasteiger partial charge on any atom is -0.480 e. The zero-order valence-corrected chi connectivity index (χ0v) is 9.44. The molecule has 0 saturated heterocycles. The van der Waals surface area contributed by atoms with Gasteiger partial charge in [0.2, 0.25) is 0 Å². The van der Waals surface area contributed by atoms with Crippen LogP contribution in [0.3, 0.4) is 0 Å². The van der Waals surface area contributed by atoms with E-state index in [1.165, 1.54) is 0 Å². The molecule has 0 aliphatic rings. The summed E-state index contributed by atoms with van der Waals surface area (Å²) in [6.45, 7) is -0.587. The van der Waals surface area contributed by atoms with Gasteiger partial charge in [-0.15, -0.1) is 10.1 Å². The fourth-order valence-corrected chi connectivity index (χ4v) is 0.769. The second kappa shape index (κ2) is 8.98. The van der Waals surface area contributed by atoms with E-state index in [0.717, 1.165) is 0 Å². The first-order chi connectivity index (χ1) is 8.43. The van der Waals surface area contributed by atoms with Gasteiger partial charge in [-0.2, -0.15) is 0 Å². The number of carbonyl (C=O) groups excluding carboxylic acids is 1. The number of aliphatic carboxylic acids is 1. The molecule has 0 aliphatic carbocycles. The molecule has 18 heavy (non-hydrogen) atoms. The van der Waals surface area contributed by atoms with E-state index in [2.05, 4.69) is 14.3 Å². The Hall–Kier alpha value is -2.10. The van der Waals surface area contributed by atoms with Crippen molar-refractivity contribution in [2.75, 3.05) is 19.8 Å². The predicted octanol–water partition coefficient (Wildman–Crippen LogP) is -0.460. The van der Waals surface area contributed by atoms with E-state index >= 15 is 0 Å². The fraction of sp³-hybridized carbons (Fsp3) is 0.750. The lowest BCUT2D eigenvalue weighted by atomic mass is 10.3. The molecule has 0 radical (unpaired) electrons. The molecule has 0 aliphatic heterocycles. The molecule has 0 bridgehead atoms. The monoisotopic (exact) mass is 266 g/mol. The van der Waals surface area contributed by atoms with Crippen molar-refractivity contribution in [3.63, 3.8) is 0 Å². The van der Waals surface area contributed by atoms with Gasteiger partial charge < -0.3 is 25.2 Å². The summed E-state index contributed by atoms with van der Waals surface area (Å²) >= 11 is 0. The highest BCUT2D eigenvalue weighted by molar-refractivity contribution is 5.73. The van der Waals surface area contributed by atoms with Crippen LogP contribution in [0.25, 0.3) is 0 Å². The lowest BCUT2D eigenvalue weighted by Crippen LogP contribution is -2.35. The molecule has 0 fully saturated rings. The summed E-state index contributed by atoms with van der Waals surface area (Å²) in [5.74, 6) is -1.29. The van der Waals surface area contributed by atoms with Crippen LogP contribution in [-0.4, -0.2) is 48.2 Å². The van der Waals surface area contributed by atoms with Gasteiger partial charge in [0.25, 0.3) is 5.09 Å². The van der Waals surface area contributed by atoms with Crippen molar-refractivity contribution < 1.29 is 34.1 Å². The first-order valence-corrected chi connectivity index (χ1v) is 4.98. The van der Waals surface area contributed by atoms with Crippen molar-refractivity contribution in [3.05, 3.63) is 10.1 Å². The molecule has 1 unspecified atom stereocenters. The molecule has 1 atom stereocenters. The molecule has 10 heteroatoms. The lowest BCUT2D eigenvalue weighted by Gasteiger charge is -2.08. The molecular formula is C8H14N2O8. The van der Waals surface area contributed by atoms with Crippen LogP contribution < -0.4 is 5.73 Å². The van der Waals surface area contributed by atoms with Crippen molar-refractivity contribution >= 4 is 12.1 Å². The minimum absolute atomic E-state index is 0.0117. The summed E-state index contributed by atoms with van der Waals surface area (Å²) in [5, 5.41) is 17.2. The van der Waals surface area contributed by atoms with Crippen LogP contribution in [-0.2, 0) is 19.1 Å². The Balaban J connectivity index is 3.43. The molecule has 0 rings (SSSR count). The highest BCUT2D eigenvalue weighted by Crippen LogP contribution is 1.94. The number of carboxylic acid groups (broad SMARTS) is 1. The maximum absolute atomic E-state index is 10.9. The van der Waals surface area contributed by atoms with Crippen molar-refractivity contribution in [3.8, 4) is 0 Å². The minimum atomic E-state index is -1.30. The fourth-order valence-electron chi connectivity index (χ4n) is 0.769. The molecule has 104 valence electrons. The van der Waals surface area contributed by atoms with Gasteiger partial charge in [0.05, 0.1) is 13.2 Å². The second-order valence-electron chi connectivity index (χ2n) is 3.12. The van der Waals surface area contributed by atoms with Crippen molar-refractivity contribution in [2.45, 2.75) is 18.9 Å². The van der Waals surface area contributed by atoms with Crippen molar-refractivity contribution in [2.24, 2.45) is 5.73 Å². The maximum Gasteiger partial charge on any atom is 0.508 e. The van der Waals surface area contributed by atoms with Crippen LogP contribution in [0.2, 0.25) is 0 Å². The standard InChI is InChI=1S/C8H14N2O8/c9-6(7(11)12)5-17-8(13)16-3-1-2-4-18-10(14)15/h6H,1-5,9H2,(H,11,12). The third-order valence-electron chi connectivity index (χ3n) is 1.65. The van der Waals surface area contributed by atoms with E-state index in [1.54, 1.807) is 0 Å². The average Bonchev–Trinajstić information content (AvgIpc) is 2.29.